The van der Waals surface area contributed by atoms with Crippen molar-refractivity contribution in [3.05, 3.63) is 29.6 Å². The molecule has 0 radical (unpaired) electrons. The topological polar surface area (TPSA) is 66.0 Å². The SMILES string of the molecule is CCCCN(CC)Cc1cccnc1C(=N)N. The number of rotatable bonds is 7. The summed E-state index contributed by atoms with van der Waals surface area (Å²) in [5.41, 5.74) is 7.19. The fourth-order valence-corrected chi connectivity index (χ4v) is 1.78. The van der Waals surface area contributed by atoms with Crippen LogP contribution in [-0.4, -0.2) is 28.8 Å². The van der Waals surface area contributed by atoms with Gasteiger partial charge in [-0.1, -0.05) is 26.3 Å². The first-order valence-corrected chi connectivity index (χ1v) is 6.19. The number of hydrogen-bond acceptors (Lipinski definition) is 3. The fourth-order valence-electron chi connectivity index (χ4n) is 1.78. The zero-order valence-corrected chi connectivity index (χ0v) is 10.7. The van der Waals surface area contributed by atoms with E-state index in [1.165, 1.54) is 12.8 Å². The second-order valence-electron chi connectivity index (χ2n) is 4.15. The van der Waals surface area contributed by atoms with Crippen molar-refractivity contribution in [1.82, 2.24) is 9.88 Å². The summed E-state index contributed by atoms with van der Waals surface area (Å²) in [5, 5.41) is 7.51. The summed E-state index contributed by atoms with van der Waals surface area (Å²) in [6, 6.07) is 3.90. The number of nitrogens with one attached hydrogen (secondary N) is 1. The average Bonchev–Trinajstić information content (AvgIpc) is 2.34. The minimum Gasteiger partial charge on any atom is -0.382 e. The van der Waals surface area contributed by atoms with Gasteiger partial charge in [-0.05, 0) is 31.1 Å². The summed E-state index contributed by atoms with van der Waals surface area (Å²) >= 11 is 0. The predicted molar refractivity (Wildman–Crippen MR) is 71.1 cm³/mol. The van der Waals surface area contributed by atoms with Crippen LogP contribution in [0.5, 0.6) is 0 Å². The highest BCUT2D eigenvalue weighted by molar-refractivity contribution is 5.94. The van der Waals surface area contributed by atoms with Gasteiger partial charge in [0.1, 0.15) is 11.5 Å². The highest BCUT2D eigenvalue weighted by Crippen LogP contribution is 2.09. The van der Waals surface area contributed by atoms with Crippen LogP contribution in [-0.2, 0) is 6.54 Å². The van der Waals surface area contributed by atoms with E-state index in [4.69, 9.17) is 11.1 Å². The van der Waals surface area contributed by atoms with Gasteiger partial charge in [0.25, 0.3) is 0 Å². The molecule has 17 heavy (non-hydrogen) atoms. The van der Waals surface area contributed by atoms with E-state index in [1.54, 1.807) is 6.20 Å². The summed E-state index contributed by atoms with van der Waals surface area (Å²) in [4.78, 5) is 6.52. The van der Waals surface area contributed by atoms with E-state index < -0.39 is 0 Å². The smallest absolute Gasteiger partial charge is 0.142 e. The largest absolute Gasteiger partial charge is 0.382 e. The summed E-state index contributed by atoms with van der Waals surface area (Å²) in [6.07, 6.45) is 4.08. The summed E-state index contributed by atoms with van der Waals surface area (Å²) in [6.45, 7) is 7.25. The maximum atomic E-state index is 7.51. The van der Waals surface area contributed by atoms with Crippen LogP contribution in [0.1, 0.15) is 37.9 Å². The van der Waals surface area contributed by atoms with Gasteiger partial charge in [0.05, 0.1) is 0 Å². The number of amidine groups is 1. The van der Waals surface area contributed by atoms with Gasteiger partial charge in [-0.2, -0.15) is 0 Å². The number of hydrogen-bond donors (Lipinski definition) is 2. The van der Waals surface area contributed by atoms with E-state index >= 15 is 0 Å². The van der Waals surface area contributed by atoms with E-state index in [1.807, 2.05) is 12.1 Å². The van der Waals surface area contributed by atoms with Crippen molar-refractivity contribution in [2.24, 2.45) is 5.73 Å². The Hall–Kier alpha value is -1.42. The van der Waals surface area contributed by atoms with E-state index in [0.29, 0.717) is 5.69 Å². The molecule has 0 atom stereocenters. The summed E-state index contributed by atoms with van der Waals surface area (Å²) < 4.78 is 0. The Labute approximate surface area is 103 Å². The lowest BCUT2D eigenvalue weighted by Gasteiger charge is -2.21. The van der Waals surface area contributed by atoms with Gasteiger partial charge in [0.2, 0.25) is 0 Å². The van der Waals surface area contributed by atoms with Gasteiger partial charge < -0.3 is 5.73 Å². The van der Waals surface area contributed by atoms with Crippen LogP contribution in [0.3, 0.4) is 0 Å². The molecule has 0 spiro atoms. The highest BCUT2D eigenvalue weighted by atomic mass is 15.1. The minimum atomic E-state index is 0.0483. The van der Waals surface area contributed by atoms with Crippen molar-refractivity contribution in [2.45, 2.75) is 33.2 Å². The van der Waals surface area contributed by atoms with Gasteiger partial charge in [-0.15, -0.1) is 0 Å². The number of unbranched alkanes of at least 4 members (excludes halogenated alkanes) is 1. The maximum Gasteiger partial charge on any atom is 0.142 e. The molecule has 4 heteroatoms. The summed E-state index contributed by atoms with van der Waals surface area (Å²) in [5.74, 6) is 0.0483. The number of nitrogens with two attached hydrogens (primary N) is 1. The number of aromatic nitrogens is 1. The van der Waals surface area contributed by atoms with E-state index in [9.17, 15) is 0 Å². The Kier molecular flexibility index (Phi) is 5.63. The molecular formula is C13H22N4. The zero-order valence-electron chi connectivity index (χ0n) is 10.7. The van der Waals surface area contributed by atoms with Crippen LogP contribution in [0.25, 0.3) is 0 Å². The van der Waals surface area contributed by atoms with Crippen molar-refractivity contribution < 1.29 is 0 Å². The van der Waals surface area contributed by atoms with Crippen LogP contribution >= 0.6 is 0 Å². The molecule has 0 bridgehead atoms. The van der Waals surface area contributed by atoms with Gasteiger partial charge in [0, 0.05) is 12.7 Å². The molecule has 1 rings (SSSR count). The standard InChI is InChI=1S/C13H22N4/c1-3-5-9-17(4-2)10-11-7-6-8-16-12(11)13(14)15/h6-8H,3-5,9-10H2,1-2H3,(H3,14,15). The molecule has 0 amide bonds. The monoisotopic (exact) mass is 234 g/mol. The second kappa shape index (κ2) is 7.01. The molecule has 0 unspecified atom stereocenters. The molecule has 0 aliphatic carbocycles. The molecule has 0 saturated heterocycles. The minimum absolute atomic E-state index is 0.0483. The molecule has 0 aliphatic heterocycles. The summed E-state index contributed by atoms with van der Waals surface area (Å²) in [7, 11) is 0. The molecular weight excluding hydrogens is 212 g/mol. The van der Waals surface area contributed by atoms with Gasteiger partial charge >= 0.3 is 0 Å². The highest BCUT2D eigenvalue weighted by Gasteiger charge is 2.09. The molecule has 0 aliphatic rings. The van der Waals surface area contributed by atoms with E-state index in [0.717, 1.165) is 25.2 Å². The van der Waals surface area contributed by atoms with Crippen molar-refractivity contribution in [1.29, 1.82) is 5.41 Å². The van der Waals surface area contributed by atoms with Crippen molar-refractivity contribution >= 4 is 5.84 Å². The Morgan fingerprint density at radius 3 is 2.82 bits per heavy atom. The van der Waals surface area contributed by atoms with Crippen LogP contribution in [0, 0.1) is 5.41 Å². The fraction of sp³-hybridized carbons (Fsp3) is 0.538. The molecule has 1 aromatic rings. The number of pyridine rings is 1. The first kappa shape index (κ1) is 13.6. The molecule has 4 nitrogen and oxygen atoms in total. The molecule has 3 N–H and O–H groups in total. The number of nitrogen functional groups attached to an aromatic ring is 1. The van der Waals surface area contributed by atoms with E-state index in [-0.39, 0.29) is 5.84 Å². The molecule has 94 valence electrons. The third kappa shape index (κ3) is 4.15. The van der Waals surface area contributed by atoms with Crippen LogP contribution < -0.4 is 5.73 Å². The first-order valence-electron chi connectivity index (χ1n) is 6.19. The predicted octanol–water partition coefficient (Wildman–Crippen LogP) is 1.99. The van der Waals surface area contributed by atoms with Crippen LogP contribution in [0.15, 0.2) is 18.3 Å². The quantitative estimate of drug-likeness (QED) is 0.560. The van der Waals surface area contributed by atoms with Gasteiger partial charge in [-0.25, -0.2) is 0 Å². The maximum absolute atomic E-state index is 7.51. The van der Waals surface area contributed by atoms with E-state index in [2.05, 4.69) is 23.7 Å². The Balaban J connectivity index is 2.75. The Morgan fingerprint density at radius 1 is 1.47 bits per heavy atom. The first-order chi connectivity index (χ1) is 8.19. The molecule has 1 aromatic heterocycles. The third-order valence-electron chi connectivity index (χ3n) is 2.82. The van der Waals surface area contributed by atoms with Crippen molar-refractivity contribution in [2.75, 3.05) is 13.1 Å². The average molecular weight is 234 g/mol. The number of nitrogens with zero attached hydrogens (tertiary/aromatic N) is 2. The Bertz CT molecular complexity index is 362. The lowest BCUT2D eigenvalue weighted by atomic mass is 10.1. The van der Waals surface area contributed by atoms with Crippen molar-refractivity contribution in [3.8, 4) is 0 Å². The van der Waals surface area contributed by atoms with Crippen molar-refractivity contribution in [3.63, 3.8) is 0 Å². The normalized spacial score (nSPS) is 10.8. The molecule has 0 saturated carbocycles. The van der Waals surface area contributed by atoms with Gasteiger partial charge in [0.15, 0.2) is 0 Å². The zero-order chi connectivity index (χ0) is 12.7. The Morgan fingerprint density at radius 2 is 2.24 bits per heavy atom. The molecule has 1 heterocycles. The lowest BCUT2D eigenvalue weighted by molar-refractivity contribution is 0.275. The third-order valence-corrected chi connectivity index (χ3v) is 2.82. The lowest BCUT2D eigenvalue weighted by Crippen LogP contribution is -2.26. The van der Waals surface area contributed by atoms with Crippen LogP contribution in [0.2, 0.25) is 0 Å². The molecule has 0 fully saturated rings. The second-order valence-corrected chi connectivity index (χ2v) is 4.15. The van der Waals surface area contributed by atoms with Gasteiger partial charge in [-0.3, -0.25) is 15.3 Å². The van der Waals surface area contributed by atoms with Crippen LogP contribution in [0.4, 0.5) is 0 Å². The molecule has 0 aromatic carbocycles.